The van der Waals surface area contributed by atoms with Crippen molar-refractivity contribution in [3.05, 3.63) is 59.1 Å². The van der Waals surface area contributed by atoms with Crippen LogP contribution in [0, 0.1) is 0 Å². The summed E-state index contributed by atoms with van der Waals surface area (Å²) in [7, 11) is -3.12. The van der Waals surface area contributed by atoms with Crippen molar-refractivity contribution in [1.29, 1.82) is 0 Å². The fraction of sp³-hybridized carbons (Fsp3) is 0.409. The van der Waals surface area contributed by atoms with Gasteiger partial charge < -0.3 is 14.4 Å². The second-order valence-electron chi connectivity index (χ2n) is 7.31. The monoisotopic (exact) mass is 451 g/mol. The van der Waals surface area contributed by atoms with Crippen LogP contribution in [0.25, 0.3) is 0 Å². The molecule has 1 aliphatic heterocycles. The van der Waals surface area contributed by atoms with Gasteiger partial charge >= 0.3 is 0 Å². The number of nitrogens with zero attached hydrogens (tertiary/aromatic N) is 1. The van der Waals surface area contributed by atoms with Gasteiger partial charge in [0.1, 0.15) is 11.5 Å². The van der Waals surface area contributed by atoms with Gasteiger partial charge in [0, 0.05) is 17.6 Å². The molecule has 2 aromatic carbocycles. The fourth-order valence-electron chi connectivity index (χ4n) is 3.31. The Bertz CT molecular complexity index is 944. The first-order valence-electron chi connectivity index (χ1n) is 9.96. The number of carbonyl (C=O) groups is 1. The highest BCUT2D eigenvalue weighted by atomic mass is 35.5. The molecule has 1 unspecified atom stereocenters. The number of sulfone groups is 1. The lowest BCUT2D eigenvalue weighted by Crippen LogP contribution is -2.43. The predicted molar refractivity (Wildman–Crippen MR) is 117 cm³/mol. The van der Waals surface area contributed by atoms with Crippen LogP contribution in [0.1, 0.15) is 25.3 Å². The maximum absolute atomic E-state index is 12.9. The van der Waals surface area contributed by atoms with E-state index in [-0.39, 0.29) is 30.1 Å². The van der Waals surface area contributed by atoms with Crippen LogP contribution in [0.15, 0.2) is 48.5 Å². The summed E-state index contributed by atoms with van der Waals surface area (Å²) in [5.41, 5.74) is 0.906. The summed E-state index contributed by atoms with van der Waals surface area (Å²) in [5, 5.41) is 0.581. The first-order chi connectivity index (χ1) is 14.4. The number of hydrogen-bond donors (Lipinski definition) is 0. The second kappa shape index (κ2) is 10.2. The minimum absolute atomic E-state index is 0.0165. The topological polar surface area (TPSA) is 72.9 Å². The maximum atomic E-state index is 12.9. The minimum atomic E-state index is -3.12. The Hall–Kier alpha value is -2.25. The quantitative estimate of drug-likeness (QED) is 0.581. The number of carbonyl (C=O) groups excluding carboxylic acids is 1. The average Bonchev–Trinajstić information content (AvgIpc) is 3.10. The highest BCUT2D eigenvalue weighted by Crippen LogP contribution is 2.22. The van der Waals surface area contributed by atoms with E-state index in [0.29, 0.717) is 30.3 Å². The van der Waals surface area contributed by atoms with E-state index in [0.717, 1.165) is 17.7 Å². The first-order valence-corrected chi connectivity index (χ1v) is 12.2. The molecule has 1 fully saturated rings. The van der Waals surface area contributed by atoms with Crippen LogP contribution in [-0.4, -0.2) is 50.0 Å². The molecule has 0 aromatic heterocycles. The van der Waals surface area contributed by atoms with Crippen LogP contribution in [-0.2, 0) is 21.2 Å². The largest absolute Gasteiger partial charge is 0.494 e. The third kappa shape index (κ3) is 6.37. The SMILES string of the molecule is CCCOc1ccc(CN(C(=O)COc2ccc(Cl)cc2)C2CCS(=O)(=O)C2)cc1. The molecule has 3 rings (SSSR count). The van der Waals surface area contributed by atoms with E-state index in [2.05, 4.69) is 0 Å². The molecule has 1 aliphatic rings. The van der Waals surface area contributed by atoms with E-state index in [9.17, 15) is 13.2 Å². The van der Waals surface area contributed by atoms with E-state index >= 15 is 0 Å². The lowest BCUT2D eigenvalue weighted by Gasteiger charge is -2.28. The Morgan fingerprint density at radius 2 is 1.70 bits per heavy atom. The predicted octanol–water partition coefficient (Wildman–Crippen LogP) is 3.72. The number of ether oxygens (including phenoxy) is 2. The molecule has 6 nitrogen and oxygen atoms in total. The molecule has 0 saturated carbocycles. The fourth-order valence-corrected chi connectivity index (χ4v) is 5.17. The van der Waals surface area contributed by atoms with Crippen molar-refractivity contribution in [3.63, 3.8) is 0 Å². The van der Waals surface area contributed by atoms with Gasteiger partial charge in [-0.05, 0) is 54.8 Å². The van der Waals surface area contributed by atoms with Gasteiger partial charge in [0.15, 0.2) is 16.4 Å². The molecule has 0 radical (unpaired) electrons. The van der Waals surface area contributed by atoms with Crippen molar-refractivity contribution in [3.8, 4) is 11.5 Å². The molecule has 1 saturated heterocycles. The molecule has 162 valence electrons. The lowest BCUT2D eigenvalue weighted by atomic mass is 10.1. The normalized spacial score (nSPS) is 17.5. The molecular formula is C22H26ClNO5S. The molecule has 0 spiro atoms. The standard InChI is InChI=1S/C22H26ClNO5S/c1-2-12-28-20-7-3-17(4-8-20)14-24(19-11-13-30(26,27)16-19)22(25)15-29-21-9-5-18(23)6-10-21/h3-10,19H,2,11-16H2,1H3. The molecule has 30 heavy (non-hydrogen) atoms. The Morgan fingerprint density at radius 3 is 2.30 bits per heavy atom. The molecule has 1 heterocycles. The van der Waals surface area contributed by atoms with Gasteiger partial charge in [-0.3, -0.25) is 4.79 Å². The Labute approximate surface area is 182 Å². The van der Waals surface area contributed by atoms with Crippen LogP contribution in [0.5, 0.6) is 11.5 Å². The van der Waals surface area contributed by atoms with E-state index in [4.69, 9.17) is 21.1 Å². The van der Waals surface area contributed by atoms with Crippen molar-refractivity contribution < 1.29 is 22.7 Å². The van der Waals surface area contributed by atoms with Crippen molar-refractivity contribution in [1.82, 2.24) is 4.90 Å². The van der Waals surface area contributed by atoms with Crippen molar-refractivity contribution in [2.45, 2.75) is 32.4 Å². The molecule has 0 aliphatic carbocycles. The summed E-state index contributed by atoms with van der Waals surface area (Å²) in [6.45, 7) is 2.83. The van der Waals surface area contributed by atoms with Crippen molar-refractivity contribution >= 4 is 27.3 Å². The summed E-state index contributed by atoms with van der Waals surface area (Å²) in [4.78, 5) is 14.6. The molecule has 1 amide bonds. The second-order valence-corrected chi connectivity index (χ2v) is 9.98. The van der Waals surface area contributed by atoms with Gasteiger partial charge in [0.2, 0.25) is 0 Å². The summed E-state index contributed by atoms with van der Waals surface area (Å²) in [6, 6.07) is 13.9. The van der Waals surface area contributed by atoms with Gasteiger partial charge in [-0.15, -0.1) is 0 Å². The Morgan fingerprint density at radius 1 is 1.07 bits per heavy atom. The van der Waals surface area contributed by atoms with Crippen molar-refractivity contribution in [2.75, 3.05) is 24.7 Å². The average molecular weight is 452 g/mol. The van der Waals surface area contributed by atoms with Crippen LogP contribution in [0.4, 0.5) is 0 Å². The zero-order chi connectivity index (χ0) is 21.6. The molecule has 0 N–H and O–H groups in total. The van der Waals surface area contributed by atoms with Crippen LogP contribution in [0.2, 0.25) is 5.02 Å². The third-order valence-electron chi connectivity index (χ3n) is 4.89. The summed E-state index contributed by atoms with van der Waals surface area (Å²) in [6.07, 6.45) is 1.36. The van der Waals surface area contributed by atoms with E-state index in [1.165, 1.54) is 0 Å². The van der Waals surface area contributed by atoms with Crippen molar-refractivity contribution in [2.24, 2.45) is 0 Å². The minimum Gasteiger partial charge on any atom is -0.494 e. The highest BCUT2D eigenvalue weighted by Gasteiger charge is 2.34. The molecular weight excluding hydrogens is 426 g/mol. The Kier molecular flexibility index (Phi) is 7.61. The van der Waals surface area contributed by atoms with Gasteiger partial charge in [0.05, 0.1) is 18.1 Å². The summed E-state index contributed by atoms with van der Waals surface area (Å²) >= 11 is 5.87. The van der Waals surface area contributed by atoms with Gasteiger partial charge in [0.25, 0.3) is 5.91 Å². The molecule has 0 bridgehead atoms. The molecule has 2 aromatic rings. The zero-order valence-corrected chi connectivity index (χ0v) is 18.5. The number of hydrogen-bond acceptors (Lipinski definition) is 5. The number of benzene rings is 2. The lowest BCUT2D eigenvalue weighted by molar-refractivity contribution is -0.136. The third-order valence-corrected chi connectivity index (χ3v) is 6.90. The number of rotatable bonds is 9. The molecule has 8 heteroatoms. The number of halogens is 1. The van der Waals surface area contributed by atoms with E-state index in [1.54, 1.807) is 29.2 Å². The van der Waals surface area contributed by atoms with E-state index in [1.807, 2.05) is 31.2 Å². The van der Waals surface area contributed by atoms with E-state index < -0.39 is 9.84 Å². The van der Waals surface area contributed by atoms with Crippen LogP contribution in [0.3, 0.4) is 0 Å². The van der Waals surface area contributed by atoms with Gasteiger partial charge in [-0.25, -0.2) is 8.42 Å². The van der Waals surface area contributed by atoms with Crippen LogP contribution >= 0.6 is 11.6 Å². The summed E-state index contributed by atoms with van der Waals surface area (Å²) < 4.78 is 35.2. The summed E-state index contributed by atoms with van der Waals surface area (Å²) in [5.74, 6) is 1.14. The number of amides is 1. The van der Waals surface area contributed by atoms with Gasteiger partial charge in [-0.2, -0.15) is 0 Å². The first kappa shape index (κ1) is 22.4. The van der Waals surface area contributed by atoms with Gasteiger partial charge in [-0.1, -0.05) is 30.7 Å². The maximum Gasteiger partial charge on any atom is 0.261 e. The smallest absolute Gasteiger partial charge is 0.261 e. The zero-order valence-electron chi connectivity index (χ0n) is 16.9. The highest BCUT2D eigenvalue weighted by molar-refractivity contribution is 7.91. The van der Waals surface area contributed by atoms with Crippen LogP contribution < -0.4 is 9.47 Å². The molecule has 1 atom stereocenters. The Balaban J connectivity index is 1.69.